The first kappa shape index (κ1) is 19.9. The molecule has 1 aromatic carbocycles. The van der Waals surface area contributed by atoms with Crippen LogP contribution in [0.4, 0.5) is 4.39 Å². The van der Waals surface area contributed by atoms with E-state index in [4.69, 9.17) is 16.3 Å². The zero-order chi connectivity index (χ0) is 18.5. The molecule has 1 unspecified atom stereocenters. The van der Waals surface area contributed by atoms with Gasteiger partial charge < -0.3 is 4.74 Å². The van der Waals surface area contributed by atoms with Crippen molar-refractivity contribution in [1.29, 1.82) is 0 Å². The highest BCUT2D eigenvalue weighted by atomic mass is 35.5. The van der Waals surface area contributed by atoms with Gasteiger partial charge in [-0.1, -0.05) is 62.4 Å². The summed E-state index contributed by atoms with van der Waals surface area (Å²) < 4.78 is 20.6. The van der Waals surface area contributed by atoms with Crippen LogP contribution in [-0.4, -0.2) is 12.7 Å². The lowest BCUT2D eigenvalue weighted by atomic mass is 9.80. The highest BCUT2D eigenvalue weighted by Crippen LogP contribution is 2.35. The Bertz CT molecular complexity index is 631. The molecule has 1 fully saturated rings. The Morgan fingerprint density at radius 2 is 1.85 bits per heavy atom. The normalized spacial score (nSPS) is 26.6. The van der Waals surface area contributed by atoms with Gasteiger partial charge in [0.15, 0.2) is 0 Å². The molecule has 3 heteroatoms. The second kappa shape index (κ2) is 9.37. The lowest BCUT2D eigenvalue weighted by Gasteiger charge is -2.30. The van der Waals surface area contributed by atoms with Crippen molar-refractivity contribution >= 4 is 17.2 Å². The van der Waals surface area contributed by atoms with Crippen molar-refractivity contribution in [2.75, 3.05) is 6.61 Å². The predicted molar refractivity (Wildman–Crippen MR) is 108 cm³/mol. The molecule has 0 N–H and O–H groups in total. The minimum atomic E-state index is -0.277. The fraction of sp³-hybridized carbons (Fsp3) is 0.652. The molecule has 1 atom stereocenters. The van der Waals surface area contributed by atoms with Crippen molar-refractivity contribution < 1.29 is 9.13 Å². The third-order valence-corrected chi connectivity index (χ3v) is 6.68. The number of rotatable bonds is 6. The van der Waals surface area contributed by atoms with Crippen molar-refractivity contribution in [2.24, 2.45) is 11.8 Å². The Balaban J connectivity index is 1.47. The molecule has 0 saturated heterocycles. The van der Waals surface area contributed by atoms with Gasteiger partial charge in [0.05, 0.1) is 11.1 Å². The molecule has 2 aliphatic carbocycles. The number of halogens is 2. The summed E-state index contributed by atoms with van der Waals surface area (Å²) in [7, 11) is 0. The van der Waals surface area contributed by atoms with E-state index in [0.29, 0.717) is 5.56 Å². The minimum absolute atomic E-state index is 0.250. The molecular weight excluding hydrogens is 347 g/mol. The number of hydrogen-bond acceptors (Lipinski definition) is 1. The Hall–Kier alpha value is -0.860. The highest BCUT2D eigenvalue weighted by molar-refractivity contribution is 6.31. The summed E-state index contributed by atoms with van der Waals surface area (Å²) >= 11 is 6.07. The van der Waals surface area contributed by atoms with E-state index in [-0.39, 0.29) is 16.9 Å². The van der Waals surface area contributed by atoms with Crippen LogP contribution in [0.3, 0.4) is 0 Å². The summed E-state index contributed by atoms with van der Waals surface area (Å²) in [5, 5.41) is 0.250. The largest absolute Gasteiger partial charge is 0.378 e. The zero-order valence-corrected chi connectivity index (χ0v) is 17.0. The maximum Gasteiger partial charge on any atom is 0.149 e. The Labute approximate surface area is 163 Å². The van der Waals surface area contributed by atoms with Crippen LogP contribution < -0.4 is 0 Å². The van der Waals surface area contributed by atoms with Crippen molar-refractivity contribution in [2.45, 2.75) is 77.7 Å². The molecule has 0 bridgehead atoms. The average Bonchev–Trinajstić information content (AvgIpc) is 2.67. The zero-order valence-electron chi connectivity index (χ0n) is 16.2. The maximum absolute atomic E-state index is 14.4. The highest BCUT2D eigenvalue weighted by Gasteiger charge is 2.23. The van der Waals surface area contributed by atoms with Crippen molar-refractivity contribution in [3.63, 3.8) is 0 Å². The van der Waals surface area contributed by atoms with E-state index in [1.807, 2.05) is 19.1 Å². The number of ether oxygens (including phenoxy) is 1. The molecule has 144 valence electrons. The first-order chi connectivity index (χ1) is 12.6. The van der Waals surface area contributed by atoms with E-state index < -0.39 is 0 Å². The molecule has 1 aromatic rings. The van der Waals surface area contributed by atoms with E-state index in [1.165, 1.54) is 38.5 Å². The van der Waals surface area contributed by atoms with E-state index in [2.05, 4.69) is 13.0 Å². The van der Waals surface area contributed by atoms with Gasteiger partial charge in [-0.15, -0.1) is 0 Å². The SMILES string of the molecule is CCCC1CCC(COC2CC=C(c3ccc(C)c(Cl)c3F)CC2)CC1. The molecule has 0 heterocycles. The Kier molecular flexibility index (Phi) is 7.17. The van der Waals surface area contributed by atoms with E-state index >= 15 is 0 Å². The van der Waals surface area contributed by atoms with Gasteiger partial charge in [-0.05, 0) is 62.0 Å². The Morgan fingerprint density at radius 3 is 2.50 bits per heavy atom. The smallest absolute Gasteiger partial charge is 0.149 e. The van der Waals surface area contributed by atoms with Crippen molar-refractivity contribution in [1.82, 2.24) is 0 Å². The molecule has 1 nitrogen and oxygen atoms in total. The van der Waals surface area contributed by atoms with Crippen LogP contribution >= 0.6 is 11.6 Å². The van der Waals surface area contributed by atoms with Gasteiger partial charge in [0.25, 0.3) is 0 Å². The van der Waals surface area contributed by atoms with Gasteiger partial charge in [-0.25, -0.2) is 4.39 Å². The van der Waals surface area contributed by atoms with Gasteiger partial charge in [0, 0.05) is 12.2 Å². The maximum atomic E-state index is 14.4. The van der Waals surface area contributed by atoms with Crippen LogP contribution in [0.2, 0.25) is 5.02 Å². The summed E-state index contributed by atoms with van der Waals surface area (Å²) in [5.41, 5.74) is 2.52. The van der Waals surface area contributed by atoms with E-state index in [0.717, 1.165) is 48.8 Å². The van der Waals surface area contributed by atoms with Crippen LogP contribution in [0.5, 0.6) is 0 Å². The number of benzene rings is 1. The number of hydrogen-bond donors (Lipinski definition) is 0. The van der Waals surface area contributed by atoms with Crippen molar-refractivity contribution in [3.8, 4) is 0 Å². The van der Waals surface area contributed by atoms with Crippen molar-refractivity contribution in [3.05, 3.63) is 40.2 Å². The lowest BCUT2D eigenvalue weighted by molar-refractivity contribution is 0.0131. The van der Waals surface area contributed by atoms with Gasteiger partial charge >= 0.3 is 0 Å². The third-order valence-electron chi connectivity index (χ3n) is 6.22. The van der Waals surface area contributed by atoms with Crippen LogP contribution in [-0.2, 0) is 4.74 Å². The standard InChI is InChI=1S/C23H32ClFO/c1-3-4-17-6-8-18(9-7-17)15-26-20-12-10-19(11-13-20)21-14-5-16(2)22(24)23(21)25/h5,10,14,17-18,20H,3-4,6-9,11-13,15H2,1-2H3. The topological polar surface area (TPSA) is 9.23 Å². The lowest BCUT2D eigenvalue weighted by Crippen LogP contribution is -2.23. The van der Waals surface area contributed by atoms with Crippen LogP contribution in [0.1, 0.15) is 75.8 Å². The molecule has 0 aliphatic heterocycles. The first-order valence-electron chi connectivity index (χ1n) is 10.3. The summed E-state index contributed by atoms with van der Waals surface area (Å²) in [6, 6.07) is 3.76. The minimum Gasteiger partial charge on any atom is -0.378 e. The number of allylic oxidation sites excluding steroid dienone is 1. The average molecular weight is 379 g/mol. The first-order valence-corrected chi connectivity index (χ1v) is 10.7. The molecule has 0 amide bonds. The van der Waals surface area contributed by atoms with Gasteiger partial charge in [-0.2, -0.15) is 0 Å². The molecule has 1 saturated carbocycles. The quantitative estimate of drug-likeness (QED) is 0.502. The van der Waals surface area contributed by atoms with Crippen LogP contribution in [0, 0.1) is 24.6 Å². The van der Waals surface area contributed by atoms with E-state index in [1.54, 1.807) is 0 Å². The summed E-state index contributed by atoms with van der Waals surface area (Å²) in [6.45, 7) is 5.03. The van der Waals surface area contributed by atoms with Gasteiger partial charge in [-0.3, -0.25) is 0 Å². The second-order valence-electron chi connectivity index (χ2n) is 8.19. The molecule has 0 aromatic heterocycles. The Morgan fingerprint density at radius 1 is 1.12 bits per heavy atom. The fourth-order valence-electron chi connectivity index (χ4n) is 4.47. The van der Waals surface area contributed by atoms with Crippen LogP contribution in [0.25, 0.3) is 5.57 Å². The third kappa shape index (κ3) is 4.89. The molecule has 0 spiro atoms. The molecular formula is C23H32ClFO. The monoisotopic (exact) mass is 378 g/mol. The summed E-state index contributed by atoms with van der Waals surface area (Å²) in [6.07, 6.45) is 13.3. The molecule has 26 heavy (non-hydrogen) atoms. The number of aryl methyl sites for hydroxylation is 1. The second-order valence-corrected chi connectivity index (χ2v) is 8.57. The van der Waals surface area contributed by atoms with Gasteiger partial charge in [0.2, 0.25) is 0 Å². The molecule has 3 rings (SSSR count). The van der Waals surface area contributed by atoms with Crippen LogP contribution in [0.15, 0.2) is 18.2 Å². The predicted octanol–water partition coefficient (Wildman–Crippen LogP) is 7.35. The van der Waals surface area contributed by atoms with E-state index in [9.17, 15) is 4.39 Å². The fourth-order valence-corrected chi connectivity index (χ4v) is 4.63. The summed E-state index contributed by atoms with van der Waals surface area (Å²) in [5.74, 6) is 1.41. The van der Waals surface area contributed by atoms with Gasteiger partial charge in [0.1, 0.15) is 5.82 Å². The molecule has 2 aliphatic rings. The molecule has 0 radical (unpaired) electrons. The summed E-state index contributed by atoms with van der Waals surface area (Å²) in [4.78, 5) is 0.